The molecule has 4 rings (SSSR count). The molecule has 0 spiro atoms. The minimum absolute atomic E-state index is 0.145. The van der Waals surface area contributed by atoms with Crippen molar-refractivity contribution in [2.24, 2.45) is 0 Å². The number of unbranched alkanes of at least 4 members (excludes halogenated alkanes) is 10. The van der Waals surface area contributed by atoms with Crippen LogP contribution in [0.25, 0.3) is 0 Å². The molecule has 302 valence electrons. The minimum atomic E-state index is -3.65. The Labute approximate surface area is 344 Å². The second-order valence-corrected chi connectivity index (χ2v) is 23.2. The van der Waals surface area contributed by atoms with E-state index in [1.165, 1.54) is 62.8 Å². The van der Waals surface area contributed by atoms with E-state index in [1.54, 1.807) is 48.5 Å². The molecule has 0 aliphatic rings. The second-order valence-electron chi connectivity index (χ2n) is 13.4. The predicted molar refractivity (Wildman–Crippen MR) is 230 cm³/mol. The molecule has 0 bridgehead atoms. The van der Waals surface area contributed by atoms with Crippen molar-refractivity contribution in [1.82, 2.24) is 9.44 Å². The monoisotopic (exact) mass is 934 g/mol. The van der Waals surface area contributed by atoms with Gasteiger partial charge in [0.1, 0.15) is 0 Å². The number of carbonyl (C=O) groups is 2. The van der Waals surface area contributed by atoms with E-state index < -0.39 is 20.0 Å². The van der Waals surface area contributed by atoms with Crippen molar-refractivity contribution in [3.63, 3.8) is 0 Å². The van der Waals surface area contributed by atoms with Crippen LogP contribution in [0, 0.1) is 0 Å². The van der Waals surface area contributed by atoms with E-state index in [2.05, 4.69) is 33.9 Å². The number of hydrogen-bond acceptors (Lipinski definition) is 6. The fourth-order valence-corrected chi connectivity index (χ4v) is 15.0. The summed E-state index contributed by atoms with van der Waals surface area (Å²) in [6, 6.07) is 27.1. The zero-order chi connectivity index (χ0) is 40.2. The van der Waals surface area contributed by atoms with Gasteiger partial charge in [0.05, 0.1) is 0 Å². The quantitative estimate of drug-likeness (QED) is 0.0427. The van der Waals surface area contributed by atoms with Gasteiger partial charge in [-0.2, -0.15) is 0 Å². The summed E-state index contributed by atoms with van der Waals surface area (Å²) in [4.78, 5) is 27.2. The van der Waals surface area contributed by atoms with Crippen LogP contribution < -0.4 is 29.0 Å². The van der Waals surface area contributed by atoms with Crippen LogP contribution >= 0.6 is 0 Å². The van der Waals surface area contributed by atoms with Gasteiger partial charge in [-0.1, -0.05) is 78.1 Å². The van der Waals surface area contributed by atoms with Crippen LogP contribution in [0.1, 0.15) is 112 Å². The molecular weight excluding hydrogens is 879 g/mol. The van der Waals surface area contributed by atoms with Crippen LogP contribution in [0.4, 0.5) is 11.4 Å². The summed E-state index contributed by atoms with van der Waals surface area (Å²) in [5, 5.41) is 5.80. The fourth-order valence-electron chi connectivity index (χ4n) is 5.77. The number of rotatable bonds is 25. The Morgan fingerprint density at radius 3 is 1.18 bits per heavy atom. The molecule has 2 amide bonds. The first kappa shape index (κ1) is 45.4. The number of hydrogen-bond donors (Lipinski definition) is 4. The Morgan fingerprint density at radius 1 is 0.464 bits per heavy atom. The van der Waals surface area contributed by atoms with E-state index in [0.29, 0.717) is 35.6 Å². The number of amides is 2. The molecule has 0 heterocycles. The van der Waals surface area contributed by atoms with E-state index in [4.69, 9.17) is 0 Å². The van der Waals surface area contributed by atoms with E-state index >= 15 is 0 Å². The van der Waals surface area contributed by atoms with Crippen molar-refractivity contribution in [3.8, 4) is 0 Å². The third-order valence-corrected chi connectivity index (χ3v) is 19.2. The first-order chi connectivity index (χ1) is 27.0. The normalized spacial score (nSPS) is 11.7. The van der Waals surface area contributed by atoms with Gasteiger partial charge in [0, 0.05) is 0 Å². The molecule has 4 aromatic carbocycles. The Bertz CT molecular complexity index is 1910. The molecule has 0 aliphatic carbocycles. The van der Waals surface area contributed by atoms with Crippen molar-refractivity contribution < 1.29 is 26.4 Å². The van der Waals surface area contributed by atoms with Crippen LogP contribution in [0.3, 0.4) is 0 Å². The number of carbonyl (C=O) groups excluding carboxylic acids is 2. The Hall–Kier alpha value is -3.32. The summed E-state index contributed by atoms with van der Waals surface area (Å²) >= 11 is -0.315. The van der Waals surface area contributed by atoms with Crippen LogP contribution in [0.5, 0.6) is 0 Å². The van der Waals surface area contributed by atoms with Crippen LogP contribution in [-0.2, 0) is 20.0 Å². The van der Waals surface area contributed by atoms with Gasteiger partial charge in [-0.05, 0) is 0 Å². The van der Waals surface area contributed by atoms with Crippen LogP contribution in [-0.4, -0.2) is 68.0 Å². The third kappa shape index (κ3) is 14.9. The van der Waals surface area contributed by atoms with Crippen LogP contribution in [0.15, 0.2) is 107 Å². The molecule has 4 N–H and O–H groups in total. The van der Waals surface area contributed by atoms with Gasteiger partial charge in [-0.3, -0.25) is 0 Å². The zero-order valence-electron chi connectivity index (χ0n) is 32.2. The number of sulfonamides is 2. The first-order valence-electron chi connectivity index (χ1n) is 19.4. The topological polar surface area (TPSA) is 151 Å². The zero-order valence-corrected chi connectivity index (χ0v) is 37.3. The summed E-state index contributed by atoms with van der Waals surface area (Å²) in [5.41, 5.74) is 2.00. The van der Waals surface area contributed by atoms with Crippen molar-refractivity contribution >= 4 is 78.4 Å². The van der Waals surface area contributed by atoms with E-state index in [1.807, 2.05) is 24.3 Å². The average molecular weight is 933 g/mol. The molecule has 4 aromatic rings. The summed E-state index contributed by atoms with van der Waals surface area (Å²) in [5.74, 6) is -0.603. The molecule has 0 aromatic heterocycles. The average Bonchev–Trinajstić information content (AvgIpc) is 3.20. The molecule has 10 nitrogen and oxygen atoms in total. The van der Waals surface area contributed by atoms with Crippen molar-refractivity contribution in [2.45, 2.75) is 101 Å². The molecule has 0 saturated heterocycles. The van der Waals surface area contributed by atoms with Crippen LogP contribution in [0.2, 0.25) is 0 Å². The Kier molecular flexibility index (Phi) is 19.3. The van der Waals surface area contributed by atoms with Crippen molar-refractivity contribution in [3.05, 3.63) is 108 Å². The number of benzene rings is 4. The summed E-state index contributed by atoms with van der Waals surface area (Å²) in [7, 11) is -7.30. The molecule has 0 atom stereocenters. The third-order valence-electron chi connectivity index (χ3n) is 8.97. The van der Waals surface area contributed by atoms with Gasteiger partial charge in [0.25, 0.3) is 0 Å². The molecule has 56 heavy (non-hydrogen) atoms. The maximum absolute atomic E-state index is 13.4. The molecule has 0 radical (unpaired) electrons. The second kappa shape index (κ2) is 23.8. The molecule has 0 unspecified atom stereocenters. The van der Waals surface area contributed by atoms with Gasteiger partial charge in [0.2, 0.25) is 0 Å². The van der Waals surface area contributed by atoms with E-state index in [-0.39, 0.29) is 47.9 Å². The summed E-state index contributed by atoms with van der Waals surface area (Å²) in [6.07, 6.45) is 12.8. The summed E-state index contributed by atoms with van der Waals surface area (Å²) in [6.45, 7) is 5.11. The van der Waals surface area contributed by atoms with Crippen molar-refractivity contribution in [1.29, 1.82) is 0 Å². The number of nitrogens with one attached hydrogen (secondary N) is 4. The van der Waals surface area contributed by atoms with E-state index in [0.717, 1.165) is 47.4 Å². The molecule has 0 aliphatic heterocycles. The predicted octanol–water partition coefficient (Wildman–Crippen LogP) is 6.74. The molecule has 0 fully saturated rings. The Balaban J connectivity index is 1.31. The van der Waals surface area contributed by atoms with Gasteiger partial charge in [-0.15, -0.1) is 0 Å². The SMILES string of the molecule is CCCCCCCCNS(=O)(=O)c1ccc(NC(=O)c2ccccc2[Se][Se]c2ccccc2C(=O)Nc2ccc(S(=O)(=O)NCCCCCCCC)cc2)cc1. The van der Waals surface area contributed by atoms with Gasteiger partial charge in [0.15, 0.2) is 0 Å². The standard InChI is InChI=1S/C42H54N4O6S2Se2/c1-3-5-7-9-11-17-31-43-53(49,50)35-27-23-33(24-28-35)45-41(47)37-19-13-15-21-39(37)55-56-40-22-16-14-20-38(40)42(48)46-34-25-29-36(30-26-34)54(51,52)44-32-18-12-10-8-6-4-2/h13-16,19-30,43-44H,3-12,17-18,31-32H2,1-2H3,(H,45,47)(H,46,48). The van der Waals surface area contributed by atoms with Gasteiger partial charge >= 0.3 is 269 Å². The molecular formula is C42H54N4O6S2Se2. The van der Waals surface area contributed by atoms with Gasteiger partial charge in [-0.25, -0.2) is 0 Å². The Morgan fingerprint density at radius 2 is 0.804 bits per heavy atom. The molecule has 14 heteroatoms. The van der Waals surface area contributed by atoms with E-state index in [9.17, 15) is 26.4 Å². The van der Waals surface area contributed by atoms with Crippen molar-refractivity contribution in [2.75, 3.05) is 23.7 Å². The summed E-state index contributed by atoms with van der Waals surface area (Å²) < 4.78 is 58.2. The number of anilines is 2. The fraction of sp³-hybridized carbons (Fsp3) is 0.381. The van der Waals surface area contributed by atoms with Gasteiger partial charge < -0.3 is 0 Å². The first-order valence-corrected chi connectivity index (χ1v) is 28.4. The molecule has 0 saturated carbocycles. The maximum atomic E-state index is 13.4.